The van der Waals surface area contributed by atoms with E-state index in [0.29, 0.717) is 23.7 Å². The molecule has 21 heavy (non-hydrogen) atoms. The molecular formula is C16H16O5. The summed E-state index contributed by atoms with van der Waals surface area (Å²) in [6.07, 6.45) is 0.764. The van der Waals surface area contributed by atoms with Crippen LogP contribution in [0.1, 0.15) is 17.3 Å². The number of ether oxygens (including phenoxy) is 3. The van der Waals surface area contributed by atoms with Crippen LogP contribution in [0.2, 0.25) is 0 Å². The van der Waals surface area contributed by atoms with Crippen molar-refractivity contribution in [3.05, 3.63) is 35.9 Å². The third-order valence-electron chi connectivity index (χ3n) is 2.99. The van der Waals surface area contributed by atoms with Gasteiger partial charge >= 0.3 is 5.97 Å². The van der Waals surface area contributed by atoms with Crippen LogP contribution in [0.15, 0.2) is 30.3 Å². The minimum Gasteiger partial charge on any atom is -0.496 e. The first-order valence-corrected chi connectivity index (χ1v) is 6.54. The molecule has 2 rings (SSSR count). The lowest BCUT2D eigenvalue weighted by Crippen LogP contribution is -2.14. The van der Waals surface area contributed by atoms with Crippen LogP contribution in [0.25, 0.3) is 10.8 Å². The Morgan fingerprint density at radius 1 is 1.24 bits per heavy atom. The first-order chi connectivity index (χ1) is 10.2. The van der Waals surface area contributed by atoms with E-state index in [1.54, 1.807) is 31.2 Å². The Balaban J connectivity index is 2.26. The van der Waals surface area contributed by atoms with Gasteiger partial charge in [-0.15, -0.1) is 0 Å². The van der Waals surface area contributed by atoms with Gasteiger partial charge in [0.25, 0.3) is 0 Å². The second-order valence-electron chi connectivity index (χ2n) is 4.28. The van der Waals surface area contributed by atoms with Crippen LogP contribution >= 0.6 is 0 Å². The molecule has 0 spiro atoms. The maximum absolute atomic E-state index is 11.3. The molecule has 0 radical (unpaired) electrons. The van der Waals surface area contributed by atoms with Crippen molar-refractivity contribution in [3.63, 3.8) is 0 Å². The van der Waals surface area contributed by atoms with Crippen molar-refractivity contribution in [1.29, 1.82) is 0 Å². The molecule has 0 saturated heterocycles. The highest BCUT2D eigenvalue weighted by Gasteiger charge is 2.09. The molecule has 0 N–H and O–H groups in total. The molecule has 0 heterocycles. The molecular weight excluding hydrogens is 272 g/mol. The van der Waals surface area contributed by atoms with Crippen molar-refractivity contribution in [1.82, 2.24) is 0 Å². The maximum Gasteiger partial charge on any atom is 0.344 e. The molecule has 0 fully saturated rings. The van der Waals surface area contributed by atoms with E-state index < -0.39 is 5.97 Å². The van der Waals surface area contributed by atoms with Gasteiger partial charge in [-0.1, -0.05) is 6.07 Å². The Hall–Kier alpha value is -2.56. The average molecular weight is 288 g/mol. The first-order valence-electron chi connectivity index (χ1n) is 6.54. The first kappa shape index (κ1) is 14.8. The van der Waals surface area contributed by atoms with E-state index in [9.17, 15) is 9.59 Å². The second-order valence-corrected chi connectivity index (χ2v) is 4.28. The predicted molar refractivity (Wildman–Crippen MR) is 78.0 cm³/mol. The minimum atomic E-state index is -0.416. The Bertz CT molecular complexity index is 663. The zero-order chi connectivity index (χ0) is 15.2. The van der Waals surface area contributed by atoms with Gasteiger partial charge in [-0.2, -0.15) is 0 Å². The Morgan fingerprint density at radius 2 is 2.05 bits per heavy atom. The van der Waals surface area contributed by atoms with Crippen molar-refractivity contribution in [3.8, 4) is 11.5 Å². The zero-order valence-electron chi connectivity index (χ0n) is 11.9. The van der Waals surface area contributed by atoms with Gasteiger partial charge in [-0.05, 0) is 42.0 Å². The highest BCUT2D eigenvalue weighted by atomic mass is 16.6. The van der Waals surface area contributed by atoms with E-state index in [2.05, 4.69) is 0 Å². The molecule has 0 saturated carbocycles. The summed E-state index contributed by atoms with van der Waals surface area (Å²) in [5.74, 6) is 0.649. The normalized spacial score (nSPS) is 10.2. The topological polar surface area (TPSA) is 61.8 Å². The second kappa shape index (κ2) is 6.74. The van der Waals surface area contributed by atoms with E-state index >= 15 is 0 Å². The Labute approximate surface area is 122 Å². The van der Waals surface area contributed by atoms with Crippen LogP contribution in [0.3, 0.4) is 0 Å². The number of aldehydes is 1. The maximum atomic E-state index is 11.3. The third-order valence-corrected chi connectivity index (χ3v) is 2.99. The lowest BCUT2D eigenvalue weighted by Gasteiger charge is -2.10. The molecule has 5 nitrogen and oxygen atoms in total. The highest BCUT2D eigenvalue weighted by Crippen LogP contribution is 2.29. The summed E-state index contributed by atoms with van der Waals surface area (Å²) in [4.78, 5) is 22.5. The fourth-order valence-corrected chi connectivity index (χ4v) is 2.05. The van der Waals surface area contributed by atoms with Gasteiger partial charge in [0.05, 0.1) is 19.3 Å². The summed E-state index contributed by atoms with van der Waals surface area (Å²) in [6, 6.07) is 8.79. The molecule has 2 aromatic carbocycles. The number of hydrogen-bond donors (Lipinski definition) is 0. The Kier molecular flexibility index (Phi) is 4.77. The molecule has 0 aromatic heterocycles. The van der Waals surface area contributed by atoms with Crippen LogP contribution in [0.4, 0.5) is 0 Å². The van der Waals surface area contributed by atoms with E-state index in [4.69, 9.17) is 14.2 Å². The summed E-state index contributed by atoms with van der Waals surface area (Å²) >= 11 is 0. The fraction of sp³-hybridized carbons (Fsp3) is 0.250. The molecule has 2 aromatic rings. The number of carbonyl (C=O) groups is 2. The molecule has 0 aliphatic carbocycles. The number of fused-ring (bicyclic) bond motifs is 1. The standard InChI is InChI=1S/C16H16O5/c1-3-20-16(18)10-21-12-5-6-13-11(8-12)4-7-15(19-2)14(13)9-17/h4-9H,3,10H2,1-2H3. The lowest BCUT2D eigenvalue weighted by molar-refractivity contribution is -0.145. The molecule has 0 aliphatic heterocycles. The number of methoxy groups -OCH3 is 1. The number of benzene rings is 2. The number of hydrogen-bond acceptors (Lipinski definition) is 5. The van der Waals surface area contributed by atoms with Crippen molar-refractivity contribution in [2.45, 2.75) is 6.92 Å². The average Bonchev–Trinajstić information content (AvgIpc) is 2.51. The van der Waals surface area contributed by atoms with Crippen LogP contribution in [0.5, 0.6) is 11.5 Å². The van der Waals surface area contributed by atoms with E-state index in [1.165, 1.54) is 7.11 Å². The van der Waals surface area contributed by atoms with Gasteiger partial charge in [-0.3, -0.25) is 4.79 Å². The van der Waals surface area contributed by atoms with Crippen molar-refractivity contribution < 1.29 is 23.8 Å². The number of rotatable bonds is 6. The van der Waals surface area contributed by atoms with Gasteiger partial charge in [0.1, 0.15) is 11.5 Å². The highest BCUT2D eigenvalue weighted by molar-refractivity contribution is 6.01. The van der Waals surface area contributed by atoms with Crippen molar-refractivity contribution >= 4 is 23.0 Å². The van der Waals surface area contributed by atoms with E-state index in [-0.39, 0.29) is 6.61 Å². The fourth-order valence-electron chi connectivity index (χ4n) is 2.05. The number of esters is 1. The molecule has 0 atom stereocenters. The van der Waals surface area contributed by atoms with Gasteiger partial charge in [-0.25, -0.2) is 4.79 Å². The van der Waals surface area contributed by atoms with E-state index in [0.717, 1.165) is 17.1 Å². The summed E-state index contributed by atoms with van der Waals surface area (Å²) in [6.45, 7) is 1.92. The summed E-state index contributed by atoms with van der Waals surface area (Å²) in [5.41, 5.74) is 0.493. The van der Waals surface area contributed by atoms with Crippen LogP contribution in [0, 0.1) is 0 Å². The van der Waals surface area contributed by atoms with Crippen molar-refractivity contribution in [2.75, 3.05) is 20.3 Å². The number of carbonyl (C=O) groups excluding carboxylic acids is 2. The monoisotopic (exact) mass is 288 g/mol. The quantitative estimate of drug-likeness (QED) is 0.604. The van der Waals surface area contributed by atoms with Gasteiger partial charge in [0.2, 0.25) is 0 Å². The minimum absolute atomic E-state index is 0.143. The lowest BCUT2D eigenvalue weighted by atomic mass is 10.0. The Morgan fingerprint density at radius 3 is 2.71 bits per heavy atom. The summed E-state index contributed by atoms with van der Waals surface area (Å²) < 4.78 is 15.3. The predicted octanol–water partition coefficient (Wildman–Crippen LogP) is 2.60. The van der Waals surface area contributed by atoms with Crippen LogP contribution in [-0.2, 0) is 9.53 Å². The molecule has 110 valence electrons. The zero-order valence-corrected chi connectivity index (χ0v) is 11.9. The van der Waals surface area contributed by atoms with Gasteiger partial charge in [0.15, 0.2) is 12.9 Å². The molecule has 5 heteroatoms. The largest absolute Gasteiger partial charge is 0.496 e. The SMILES string of the molecule is CCOC(=O)COc1ccc2c(C=O)c(OC)ccc2c1. The van der Waals surface area contributed by atoms with Crippen LogP contribution in [-0.4, -0.2) is 32.6 Å². The van der Waals surface area contributed by atoms with Gasteiger partial charge < -0.3 is 14.2 Å². The molecule has 0 aliphatic rings. The third kappa shape index (κ3) is 3.31. The summed E-state index contributed by atoms with van der Waals surface area (Å²) in [5, 5.41) is 1.60. The van der Waals surface area contributed by atoms with Gasteiger partial charge in [0, 0.05) is 0 Å². The van der Waals surface area contributed by atoms with Crippen LogP contribution < -0.4 is 9.47 Å². The molecule has 0 amide bonds. The smallest absolute Gasteiger partial charge is 0.344 e. The summed E-state index contributed by atoms with van der Waals surface area (Å²) in [7, 11) is 1.52. The van der Waals surface area contributed by atoms with Crippen molar-refractivity contribution in [2.24, 2.45) is 0 Å². The molecule has 0 unspecified atom stereocenters. The molecule has 0 bridgehead atoms. The van der Waals surface area contributed by atoms with E-state index in [1.807, 2.05) is 6.07 Å².